The second-order valence-corrected chi connectivity index (χ2v) is 6.07. The van der Waals surface area contributed by atoms with E-state index in [9.17, 15) is 0 Å². The van der Waals surface area contributed by atoms with Gasteiger partial charge in [-0.05, 0) is 12.1 Å². The zero-order valence-electron chi connectivity index (χ0n) is 16.3. The smallest absolute Gasteiger partial charge is 0.227 e. The molecule has 0 fully saturated rings. The lowest BCUT2D eigenvalue weighted by Crippen LogP contribution is -2.01. The van der Waals surface area contributed by atoms with E-state index in [1.165, 1.54) is 0 Å². The molecule has 29 heavy (non-hydrogen) atoms. The van der Waals surface area contributed by atoms with Crippen LogP contribution in [0.25, 0.3) is 17.3 Å². The minimum Gasteiger partial charge on any atom is -0.493 e. The van der Waals surface area contributed by atoms with Crippen LogP contribution < -0.4 is 19.5 Å². The Morgan fingerprint density at radius 2 is 1.86 bits per heavy atom. The highest BCUT2D eigenvalue weighted by Crippen LogP contribution is 2.40. The monoisotopic (exact) mass is 392 g/mol. The average molecular weight is 392 g/mol. The molecule has 0 unspecified atom stereocenters. The molecule has 0 bridgehead atoms. The normalized spacial score (nSPS) is 12.2. The maximum Gasteiger partial charge on any atom is 0.227 e. The molecule has 0 saturated heterocycles. The quantitative estimate of drug-likeness (QED) is 0.687. The number of rotatable bonds is 6. The van der Waals surface area contributed by atoms with E-state index in [0.29, 0.717) is 28.9 Å². The van der Waals surface area contributed by atoms with Crippen LogP contribution in [0, 0.1) is 0 Å². The SMILES string of the molecule is COc1cc(Nc2nccc(-c3cnn4c3C=CCC=N4)n2)cc(OC)c1OC. The number of fused-ring (bicyclic) bond motifs is 1. The van der Waals surface area contributed by atoms with Crippen LogP contribution in [0.1, 0.15) is 12.1 Å². The molecule has 4 rings (SSSR count). The Hall–Kier alpha value is -3.88. The Bertz CT molecular complexity index is 1060. The van der Waals surface area contributed by atoms with Crippen LogP contribution >= 0.6 is 0 Å². The van der Waals surface area contributed by atoms with Gasteiger partial charge in [-0.25, -0.2) is 9.97 Å². The number of hydrogen-bond acceptors (Lipinski definition) is 8. The molecule has 2 aromatic heterocycles. The van der Waals surface area contributed by atoms with Gasteiger partial charge >= 0.3 is 0 Å². The van der Waals surface area contributed by atoms with Crippen LogP contribution in [0.5, 0.6) is 17.2 Å². The molecule has 9 nitrogen and oxygen atoms in total. The van der Waals surface area contributed by atoms with Crippen molar-refractivity contribution in [3.05, 3.63) is 42.4 Å². The third-order valence-electron chi connectivity index (χ3n) is 4.35. The van der Waals surface area contributed by atoms with Crippen molar-refractivity contribution in [3.8, 4) is 28.5 Å². The Morgan fingerprint density at radius 1 is 1.07 bits per heavy atom. The van der Waals surface area contributed by atoms with Crippen molar-refractivity contribution >= 4 is 23.9 Å². The van der Waals surface area contributed by atoms with Gasteiger partial charge < -0.3 is 19.5 Å². The summed E-state index contributed by atoms with van der Waals surface area (Å²) < 4.78 is 16.2. The largest absolute Gasteiger partial charge is 0.493 e. The average Bonchev–Trinajstić information content (AvgIpc) is 3.01. The maximum atomic E-state index is 5.40. The van der Waals surface area contributed by atoms with Crippen molar-refractivity contribution in [2.24, 2.45) is 5.10 Å². The number of ether oxygens (including phenoxy) is 3. The van der Waals surface area contributed by atoms with Crippen LogP contribution in [0.2, 0.25) is 0 Å². The number of benzene rings is 1. The standard InChI is InChI=1S/C20H20N6O3/c1-27-17-10-13(11-18(28-2)19(17)29-3)24-20-21-9-7-15(25-20)14-12-23-26-16(14)6-4-5-8-22-26/h4,6-12H,5H2,1-3H3,(H,21,24,25). The lowest BCUT2D eigenvalue weighted by molar-refractivity contribution is 0.324. The van der Waals surface area contributed by atoms with E-state index in [1.807, 2.05) is 18.2 Å². The number of aromatic nitrogens is 4. The Morgan fingerprint density at radius 3 is 2.59 bits per heavy atom. The maximum absolute atomic E-state index is 5.40. The summed E-state index contributed by atoms with van der Waals surface area (Å²) in [5.74, 6) is 2.02. The molecule has 0 spiro atoms. The molecule has 1 aliphatic rings. The van der Waals surface area contributed by atoms with E-state index in [4.69, 9.17) is 14.2 Å². The summed E-state index contributed by atoms with van der Waals surface area (Å²) in [6.45, 7) is 0. The fourth-order valence-corrected chi connectivity index (χ4v) is 3.01. The van der Waals surface area contributed by atoms with E-state index in [0.717, 1.165) is 23.4 Å². The predicted octanol–water partition coefficient (Wildman–Crippen LogP) is 3.36. The molecule has 148 valence electrons. The van der Waals surface area contributed by atoms with E-state index in [2.05, 4.69) is 25.5 Å². The van der Waals surface area contributed by atoms with Crippen molar-refractivity contribution in [2.45, 2.75) is 6.42 Å². The van der Waals surface area contributed by atoms with Crippen molar-refractivity contribution in [1.82, 2.24) is 19.9 Å². The van der Waals surface area contributed by atoms with Crippen LogP contribution in [0.15, 0.2) is 41.8 Å². The van der Waals surface area contributed by atoms with E-state index in [-0.39, 0.29) is 0 Å². The van der Waals surface area contributed by atoms with Gasteiger partial charge in [-0.2, -0.15) is 15.0 Å². The summed E-state index contributed by atoms with van der Waals surface area (Å²) in [4.78, 5) is 10.5. The minimum atomic E-state index is 0.429. The lowest BCUT2D eigenvalue weighted by Gasteiger charge is -2.14. The molecule has 1 aromatic carbocycles. The molecule has 0 atom stereocenters. The van der Waals surface area contributed by atoms with Crippen LogP contribution in [0.3, 0.4) is 0 Å². The zero-order valence-corrected chi connectivity index (χ0v) is 16.3. The summed E-state index contributed by atoms with van der Waals surface area (Å²) in [5.41, 5.74) is 3.18. The summed E-state index contributed by atoms with van der Waals surface area (Å²) >= 11 is 0. The first-order chi connectivity index (χ1) is 14.2. The second kappa shape index (κ2) is 8.01. The molecule has 0 aliphatic carbocycles. The summed E-state index contributed by atoms with van der Waals surface area (Å²) in [7, 11) is 4.70. The molecule has 3 heterocycles. The molecule has 9 heteroatoms. The summed E-state index contributed by atoms with van der Waals surface area (Å²) in [5, 5.41) is 11.8. The van der Waals surface area contributed by atoms with Crippen molar-refractivity contribution in [2.75, 3.05) is 26.6 Å². The molecule has 0 saturated carbocycles. The minimum absolute atomic E-state index is 0.429. The van der Waals surface area contributed by atoms with E-state index < -0.39 is 0 Å². The van der Waals surface area contributed by atoms with Crippen LogP contribution in [-0.2, 0) is 0 Å². The van der Waals surface area contributed by atoms with E-state index >= 15 is 0 Å². The highest BCUT2D eigenvalue weighted by molar-refractivity contribution is 5.74. The van der Waals surface area contributed by atoms with Gasteiger partial charge in [0.15, 0.2) is 11.5 Å². The predicted molar refractivity (Wildman–Crippen MR) is 110 cm³/mol. The fraction of sp³-hybridized carbons (Fsp3) is 0.200. The number of nitrogens with one attached hydrogen (secondary N) is 1. The first kappa shape index (κ1) is 18.5. The number of methoxy groups -OCH3 is 3. The number of hydrogen-bond donors (Lipinski definition) is 1. The molecule has 1 N–H and O–H groups in total. The van der Waals surface area contributed by atoms with Crippen molar-refractivity contribution < 1.29 is 14.2 Å². The van der Waals surface area contributed by atoms with Gasteiger partial charge in [-0.1, -0.05) is 6.08 Å². The van der Waals surface area contributed by atoms with E-state index in [1.54, 1.807) is 56.9 Å². The molecular formula is C20H20N6O3. The third kappa shape index (κ3) is 3.62. The Labute approximate surface area is 167 Å². The van der Waals surface area contributed by atoms with Crippen molar-refractivity contribution in [3.63, 3.8) is 0 Å². The highest BCUT2D eigenvalue weighted by Gasteiger charge is 2.16. The molecule has 1 aliphatic heterocycles. The highest BCUT2D eigenvalue weighted by atomic mass is 16.5. The van der Waals surface area contributed by atoms with Crippen LogP contribution in [-0.4, -0.2) is 47.4 Å². The first-order valence-electron chi connectivity index (χ1n) is 8.91. The van der Waals surface area contributed by atoms with Gasteiger partial charge in [0.05, 0.1) is 38.9 Å². The Balaban J connectivity index is 1.68. The second-order valence-electron chi connectivity index (χ2n) is 6.07. The molecule has 0 radical (unpaired) electrons. The summed E-state index contributed by atoms with van der Waals surface area (Å²) in [6, 6.07) is 5.42. The lowest BCUT2D eigenvalue weighted by atomic mass is 10.1. The number of anilines is 2. The van der Waals surface area contributed by atoms with Crippen LogP contribution in [0.4, 0.5) is 11.6 Å². The van der Waals surface area contributed by atoms with Gasteiger partial charge in [-0.15, -0.1) is 0 Å². The summed E-state index contributed by atoms with van der Waals surface area (Å²) in [6.07, 6.45) is 10.0. The number of nitrogens with zero attached hydrogens (tertiary/aromatic N) is 5. The molecule has 0 amide bonds. The first-order valence-corrected chi connectivity index (χ1v) is 8.91. The number of allylic oxidation sites excluding steroid dienone is 1. The van der Waals surface area contributed by atoms with Gasteiger partial charge in [0.25, 0.3) is 0 Å². The fourth-order valence-electron chi connectivity index (χ4n) is 3.01. The van der Waals surface area contributed by atoms with Gasteiger partial charge in [0.2, 0.25) is 11.7 Å². The third-order valence-corrected chi connectivity index (χ3v) is 4.35. The zero-order chi connectivity index (χ0) is 20.2. The topological polar surface area (TPSA) is 95.7 Å². The molecular weight excluding hydrogens is 372 g/mol. The molecule has 3 aromatic rings. The van der Waals surface area contributed by atoms with Crippen molar-refractivity contribution in [1.29, 1.82) is 0 Å². The Kier molecular flexibility index (Phi) is 5.10. The van der Waals surface area contributed by atoms with Gasteiger partial charge in [0.1, 0.15) is 0 Å². The van der Waals surface area contributed by atoms with Gasteiger partial charge in [0, 0.05) is 42.2 Å². The van der Waals surface area contributed by atoms with Gasteiger partial charge in [-0.3, -0.25) is 0 Å².